The van der Waals surface area contributed by atoms with Crippen molar-refractivity contribution < 1.29 is 19.3 Å². The summed E-state index contributed by atoms with van der Waals surface area (Å²) in [6.07, 6.45) is 3.73. The monoisotopic (exact) mass is 312 g/mol. The van der Waals surface area contributed by atoms with Gasteiger partial charge < -0.3 is 19.3 Å². The normalized spacial score (nSPS) is 25.0. The highest BCUT2D eigenvalue weighted by atomic mass is 35.5. The van der Waals surface area contributed by atoms with E-state index in [0.717, 1.165) is 50.2 Å². The molecule has 2 aliphatic heterocycles. The van der Waals surface area contributed by atoms with Crippen molar-refractivity contribution in [3.63, 3.8) is 0 Å². The molecule has 1 aromatic rings. The lowest BCUT2D eigenvalue weighted by Crippen LogP contribution is -2.47. The molecule has 0 radical (unpaired) electrons. The van der Waals surface area contributed by atoms with Crippen molar-refractivity contribution in [3.8, 4) is 5.75 Å². The fourth-order valence-electron chi connectivity index (χ4n) is 3.14. The van der Waals surface area contributed by atoms with Gasteiger partial charge in [-0.2, -0.15) is 0 Å². The van der Waals surface area contributed by atoms with Gasteiger partial charge in [0.25, 0.3) is 0 Å². The molecule has 2 saturated heterocycles. The Morgan fingerprint density at radius 3 is 2.86 bits per heavy atom. The third kappa shape index (κ3) is 3.51. The highest BCUT2D eigenvalue weighted by molar-refractivity contribution is 6.30. The molecule has 1 spiro atoms. The number of rotatable bonds is 3. The third-order valence-electron chi connectivity index (χ3n) is 4.34. The van der Waals surface area contributed by atoms with Gasteiger partial charge in [0.2, 0.25) is 0 Å². The molecule has 1 unspecified atom stereocenters. The van der Waals surface area contributed by atoms with Crippen molar-refractivity contribution in [2.24, 2.45) is 0 Å². The van der Waals surface area contributed by atoms with E-state index >= 15 is 0 Å². The van der Waals surface area contributed by atoms with Crippen LogP contribution in [0.25, 0.3) is 0 Å². The first-order valence-corrected chi connectivity index (χ1v) is 7.86. The summed E-state index contributed by atoms with van der Waals surface area (Å²) in [6, 6.07) is 5.38. The molecule has 5 heteroatoms. The number of aliphatic hydroxyl groups is 1. The van der Waals surface area contributed by atoms with Crippen LogP contribution in [-0.2, 0) is 16.1 Å². The van der Waals surface area contributed by atoms with Gasteiger partial charge in [-0.05, 0) is 31.0 Å². The van der Waals surface area contributed by atoms with E-state index in [1.165, 1.54) is 0 Å². The fraction of sp³-hybridized carbons (Fsp3) is 0.625. The minimum atomic E-state index is -0.0903. The lowest BCUT2D eigenvalue weighted by molar-refractivity contribution is -0.155. The molecular formula is C16H21ClO4. The summed E-state index contributed by atoms with van der Waals surface area (Å²) in [5, 5.41) is 10.0. The van der Waals surface area contributed by atoms with E-state index in [9.17, 15) is 5.11 Å². The number of halogens is 1. The van der Waals surface area contributed by atoms with Crippen LogP contribution in [0, 0.1) is 0 Å². The quantitative estimate of drug-likeness (QED) is 0.932. The summed E-state index contributed by atoms with van der Waals surface area (Å²) < 4.78 is 17.6. The van der Waals surface area contributed by atoms with Gasteiger partial charge in [0, 0.05) is 36.6 Å². The van der Waals surface area contributed by atoms with Gasteiger partial charge in [0.05, 0.1) is 18.8 Å². The molecule has 0 saturated carbocycles. The Kier molecular flexibility index (Phi) is 4.69. The zero-order valence-electron chi connectivity index (χ0n) is 12.0. The second kappa shape index (κ2) is 6.53. The zero-order valence-corrected chi connectivity index (χ0v) is 12.8. The number of hydrogen-bond acceptors (Lipinski definition) is 4. The van der Waals surface area contributed by atoms with Crippen molar-refractivity contribution >= 4 is 11.6 Å². The average molecular weight is 313 g/mol. The van der Waals surface area contributed by atoms with Crippen LogP contribution in [0.4, 0.5) is 0 Å². The maximum atomic E-state index is 9.43. The van der Waals surface area contributed by atoms with E-state index in [1.54, 1.807) is 12.1 Å². The number of aliphatic hydroxyl groups excluding tert-OH is 1. The van der Waals surface area contributed by atoms with Gasteiger partial charge in [-0.3, -0.25) is 0 Å². The lowest BCUT2D eigenvalue weighted by atomic mass is 9.85. The van der Waals surface area contributed by atoms with Gasteiger partial charge in [-0.15, -0.1) is 0 Å². The van der Waals surface area contributed by atoms with Gasteiger partial charge in [-0.25, -0.2) is 0 Å². The van der Waals surface area contributed by atoms with Crippen molar-refractivity contribution in [2.75, 3.05) is 19.8 Å². The maximum Gasteiger partial charge on any atom is 0.125 e. The molecule has 3 rings (SSSR count). The molecule has 4 nitrogen and oxygen atoms in total. The zero-order chi connectivity index (χ0) is 14.7. The first-order chi connectivity index (χ1) is 10.2. The molecule has 0 amide bonds. The minimum absolute atomic E-state index is 0.0713. The first-order valence-electron chi connectivity index (χ1n) is 7.48. The van der Waals surface area contributed by atoms with Crippen LogP contribution in [0.3, 0.4) is 0 Å². The van der Waals surface area contributed by atoms with Crippen LogP contribution < -0.4 is 4.74 Å². The Morgan fingerprint density at radius 2 is 2.10 bits per heavy atom. The fourth-order valence-corrected chi connectivity index (χ4v) is 3.34. The molecule has 0 aliphatic carbocycles. The molecule has 1 N–H and O–H groups in total. The van der Waals surface area contributed by atoms with Crippen LogP contribution in [0.2, 0.25) is 5.02 Å². The molecule has 2 heterocycles. The number of ether oxygens (including phenoxy) is 3. The highest BCUT2D eigenvalue weighted by Gasteiger charge is 2.40. The van der Waals surface area contributed by atoms with Gasteiger partial charge >= 0.3 is 0 Å². The van der Waals surface area contributed by atoms with Crippen LogP contribution >= 0.6 is 11.6 Å². The molecule has 116 valence electrons. The molecule has 1 atom stereocenters. The van der Waals surface area contributed by atoms with Crippen molar-refractivity contribution in [1.29, 1.82) is 0 Å². The first kappa shape index (κ1) is 15.1. The topological polar surface area (TPSA) is 47.9 Å². The van der Waals surface area contributed by atoms with E-state index in [0.29, 0.717) is 11.6 Å². The predicted octanol–water partition coefficient (Wildman–Crippen LogP) is 2.94. The Hall–Kier alpha value is -0.810. The van der Waals surface area contributed by atoms with Crippen molar-refractivity contribution in [3.05, 3.63) is 28.8 Å². The Balaban J connectivity index is 1.70. The predicted molar refractivity (Wildman–Crippen MR) is 79.8 cm³/mol. The van der Waals surface area contributed by atoms with Crippen LogP contribution in [0.15, 0.2) is 18.2 Å². The third-order valence-corrected chi connectivity index (χ3v) is 4.57. The summed E-state index contributed by atoms with van der Waals surface area (Å²) in [7, 11) is 0. The molecular weight excluding hydrogens is 292 g/mol. The SMILES string of the molecule is OCc1cc(Cl)ccc1OC1CCOC2(CCOCC2)C1. The Morgan fingerprint density at radius 1 is 1.29 bits per heavy atom. The van der Waals surface area contributed by atoms with E-state index in [2.05, 4.69) is 0 Å². The van der Waals surface area contributed by atoms with Crippen LogP contribution in [-0.4, -0.2) is 36.6 Å². The highest BCUT2D eigenvalue weighted by Crippen LogP contribution is 2.36. The smallest absolute Gasteiger partial charge is 0.125 e. The van der Waals surface area contributed by atoms with E-state index in [1.807, 2.05) is 6.07 Å². The van der Waals surface area contributed by atoms with E-state index in [-0.39, 0.29) is 18.3 Å². The average Bonchev–Trinajstić information content (AvgIpc) is 2.50. The lowest BCUT2D eigenvalue weighted by Gasteiger charge is -2.43. The summed E-state index contributed by atoms with van der Waals surface area (Å²) in [4.78, 5) is 0. The minimum Gasteiger partial charge on any atom is -0.490 e. The molecule has 1 aromatic carbocycles. The summed E-state index contributed by atoms with van der Waals surface area (Å²) in [5.41, 5.74) is 0.641. The van der Waals surface area contributed by atoms with Gasteiger partial charge in [0.1, 0.15) is 11.9 Å². The maximum absolute atomic E-state index is 9.43. The molecule has 2 fully saturated rings. The standard InChI is InChI=1S/C16H21ClO4/c17-13-1-2-15(12(9-13)11-18)21-14-3-6-20-16(10-14)4-7-19-8-5-16/h1-2,9,14,18H,3-8,10-11H2. The number of benzene rings is 1. The summed E-state index contributed by atoms with van der Waals surface area (Å²) in [6.45, 7) is 2.16. The van der Waals surface area contributed by atoms with Crippen LogP contribution in [0.5, 0.6) is 5.75 Å². The second-order valence-electron chi connectivity index (χ2n) is 5.79. The van der Waals surface area contributed by atoms with Gasteiger partial charge in [-0.1, -0.05) is 11.6 Å². The van der Waals surface area contributed by atoms with Crippen molar-refractivity contribution in [2.45, 2.75) is 44.0 Å². The van der Waals surface area contributed by atoms with Crippen molar-refractivity contribution in [1.82, 2.24) is 0 Å². The summed E-state index contributed by atoms with van der Waals surface area (Å²) >= 11 is 5.95. The molecule has 2 aliphatic rings. The van der Waals surface area contributed by atoms with E-state index in [4.69, 9.17) is 25.8 Å². The van der Waals surface area contributed by atoms with E-state index < -0.39 is 0 Å². The Labute approximate surface area is 130 Å². The largest absolute Gasteiger partial charge is 0.490 e. The molecule has 0 bridgehead atoms. The van der Waals surface area contributed by atoms with Gasteiger partial charge in [0.15, 0.2) is 0 Å². The second-order valence-corrected chi connectivity index (χ2v) is 6.22. The molecule has 0 aromatic heterocycles. The summed E-state index contributed by atoms with van der Waals surface area (Å²) in [5.74, 6) is 0.719. The Bertz CT molecular complexity index is 480. The van der Waals surface area contributed by atoms with Crippen LogP contribution in [0.1, 0.15) is 31.2 Å². The number of hydrogen-bond donors (Lipinski definition) is 1. The molecule has 21 heavy (non-hydrogen) atoms.